The van der Waals surface area contributed by atoms with Crippen LogP contribution in [0.25, 0.3) is 0 Å². The fourth-order valence-electron chi connectivity index (χ4n) is 1.60. The Balaban J connectivity index is 2.64. The Bertz CT molecular complexity index is 408. The summed E-state index contributed by atoms with van der Waals surface area (Å²) in [6, 6.07) is 6.85. The van der Waals surface area contributed by atoms with Crippen LogP contribution in [0.5, 0.6) is 5.75 Å². The molecule has 4 heteroatoms. The van der Waals surface area contributed by atoms with Gasteiger partial charge in [-0.15, -0.1) is 0 Å². The third-order valence-corrected chi connectivity index (χ3v) is 2.60. The van der Waals surface area contributed by atoms with Gasteiger partial charge >= 0.3 is 5.97 Å². The Morgan fingerprint density at radius 1 is 1.22 bits per heavy atom. The highest BCUT2D eigenvalue weighted by molar-refractivity contribution is 5.99. The van der Waals surface area contributed by atoms with Gasteiger partial charge in [-0.3, -0.25) is 9.59 Å². The van der Waals surface area contributed by atoms with E-state index in [4.69, 9.17) is 9.47 Å². The topological polar surface area (TPSA) is 52.6 Å². The fraction of sp³-hybridized carbons (Fsp3) is 0.429. The van der Waals surface area contributed by atoms with Gasteiger partial charge in [0, 0.05) is 11.5 Å². The highest BCUT2D eigenvalue weighted by atomic mass is 16.5. The molecule has 0 aliphatic heterocycles. The Hall–Kier alpha value is -1.84. The summed E-state index contributed by atoms with van der Waals surface area (Å²) in [4.78, 5) is 23.3. The molecule has 0 radical (unpaired) electrons. The molecule has 0 spiro atoms. The minimum Gasteiger partial charge on any atom is -0.497 e. The molecule has 0 heterocycles. The number of carbonyl (C=O) groups excluding carboxylic acids is 2. The number of carbonyl (C=O) groups is 2. The molecule has 18 heavy (non-hydrogen) atoms. The summed E-state index contributed by atoms with van der Waals surface area (Å²) in [7, 11) is 1.57. The average molecular weight is 250 g/mol. The van der Waals surface area contributed by atoms with Gasteiger partial charge in [-0.05, 0) is 31.2 Å². The first-order chi connectivity index (χ1) is 8.58. The van der Waals surface area contributed by atoms with Crippen LogP contribution in [0, 0.1) is 5.92 Å². The molecule has 1 aromatic rings. The van der Waals surface area contributed by atoms with Crippen LogP contribution in [0.15, 0.2) is 24.3 Å². The molecule has 1 atom stereocenters. The Morgan fingerprint density at radius 2 is 1.83 bits per heavy atom. The SMILES string of the molecule is CCOC(=O)CC(C)C(=O)c1ccc(OC)cc1. The second kappa shape index (κ2) is 6.79. The number of rotatable bonds is 6. The quantitative estimate of drug-likeness (QED) is 0.575. The number of Topliss-reactive ketones (excluding diaryl/α,β-unsaturated/α-hetero) is 1. The number of ether oxygens (including phenoxy) is 2. The summed E-state index contributed by atoms with van der Waals surface area (Å²) in [5, 5.41) is 0. The second-order valence-electron chi connectivity index (χ2n) is 4.00. The molecular weight excluding hydrogens is 232 g/mol. The van der Waals surface area contributed by atoms with Crippen LogP contribution >= 0.6 is 0 Å². The van der Waals surface area contributed by atoms with E-state index in [-0.39, 0.29) is 24.1 Å². The highest BCUT2D eigenvalue weighted by Crippen LogP contribution is 2.16. The van der Waals surface area contributed by atoms with E-state index in [1.807, 2.05) is 0 Å². The van der Waals surface area contributed by atoms with Gasteiger partial charge < -0.3 is 9.47 Å². The lowest BCUT2D eigenvalue weighted by Gasteiger charge is -2.10. The summed E-state index contributed by atoms with van der Waals surface area (Å²) in [5.74, 6) is -0.0837. The van der Waals surface area contributed by atoms with Crippen molar-refractivity contribution in [1.82, 2.24) is 0 Å². The standard InChI is InChI=1S/C14H18O4/c1-4-18-13(15)9-10(2)14(16)11-5-7-12(17-3)8-6-11/h5-8,10H,4,9H2,1-3H3. The van der Waals surface area contributed by atoms with Crippen molar-refractivity contribution in [2.45, 2.75) is 20.3 Å². The van der Waals surface area contributed by atoms with Crippen LogP contribution in [0.3, 0.4) is 0 Å². The molecule has 0 saturated carbocycles. The third-order valence-electron chi connectivity index (χ3n) is 2.60. The molecule has 0 N–H and O–H groups in total. The normalized spacial score (nSPS) is 11.7. The molecule has 1 unspecified atom stereocenters. The zero-order valence-corrected chi connectivity index (χ0v) is 10.9. The van der Waals surface area contributed by atoms with Gasteiger partial charge in [0.25, 0.3) is 0 Å². The summed E-state index contributed by atoms with van der Waals surface area (Å²) in [5.41, 5.74) is 0.576. The van der Waals surface area contributed by atoms with Crippen LogP contribution in [0.2, 0.25) is 0 Å². The van der Waals surface area contributed by atoms with E-state index in [0.717, 1.165) is 0 Å². The zero-order valence-electron chi connectivity index (χ0n) is 10.9. The van der Waals surface area contributed by atoms with E-state index in [2.05, 4.69) is 0 Å². The predicted octanol–water partition coefficient (Wildman–Crippen LogP) is 2.47. The van der Waals surface area contributed by atoms with Crippen LogP contribution in [-0.2, 0) is 9.53 Å². The van der Waals surface area contributed by atoms with E-state index in [1.54, 1.807) is 45.2 Å². The van der Waals surface area contributed by atoms with Crippen molar-refractivity contribution in [2.24, 2.45) is 5.92 Å². The molecule has 4 nitrogen and oxygen atoms in total. The van der Waals surface area contributed by atoms with E-state index >= 15 is 0 Å². The number of ketones is 1. The minimum absolute atomic E-state index is 0.0642. The molecular formula is C14H18O4. The first kappa shape index (κ1) is 14.2. The van der Waals surface area contributed by atoms with Crippen molar-refractivity contribution < 1.29 is 19.1 Å². The van der Waals surface area contributed by atoms with Crippen LogP contribution in [0.4, 0.5) is 0 Å². The number of hydrogen-bond acceptors (Lipinski definition) is 4. The third kappa shape index (κ3) is 3.87. The number of hydrogen-bond donors (Lipinski definition) is 0. The minimum atomic E-state index is -0.377. The molecule has 98 valence electrons. The maximum Gasteiger partial charge on any atom is 0.306 e. The molecule has 0 aromatic heterocycles. The summed E-state index contributed by atoms with van der Waals surface area (Å²) < 4.78 is 9.84. The second-order valence-corrected chi connectivity index (χ2v) is 4.00. The fourth-order valence-corrected chi connectivity index (χ4v) is 1.60. The zero-order chi connectivity index (χ0) is 13.5. The first-order valence-electron chi connectivity index (χ1n) is 5.92. The summed E-state index contributed by atoms with van der Waals surface area (Å²) in [6.07, 6.45) is 0.110. The monoisotopic (exact) mass is 250 g/mol. The van der Waals surface area contributed by atoms with Crippen molar-refractivity contribution in [3.63, 3.8) is 0 Å². The van der Waals surface area contributed by atoms with E-state index in [9.17, 15) is 9.59 Å². The van der Waals surface area contributed by atoms with Gasteiger partial charge in [0.05, 0.1) is 20.1 Å². The number of esters is 1. The van der Waals surface area contributed by atoms with Crippen molar-refractivity contribution in [3.8, 4) is 5.75 Å². The smallest absolute Gasteiger partial charge is 0.306 e. The molecule has 0 amide bonds. The molecule has 0 saturated heterocycles. The lowest BCUT2D eigenvalue weighted by molar-refractivity contribution is -0.143. The largest absolute Gasteiger partial charge is 0.497 e. The lowest BCUT2D eigenvalue weighted by atomic mass is 9.96. The van der Waals surface area contributed by atoms with E-state index in [1.165, 1.54) is 0 Å². The maximum absolute atomic E-state index is 12.0. The van der Waals surface area contributed by atoms with Crippen LogP contribution in [-0.4, -0.2) is 25.5 Å². The van der Waals surface area contributed by atoms with Crippen molar-refractivity contribution in [3.05, 3.63) is 29.8 Å². The van der Waals surface area contributed by atoms with Crippen molar-refractivity contribution in [2.75, 3.05) is 13.7 Å². The Kier molecular flexibility index (Phi) is 5.36. The number of benzene rings is 1. The van der Waals surface area contributed by atoms with Gasteiger partial charge in [-0.2, -0.15) is 0 Å². The molecule has 0 bridgehead atoms. The van der Waals surface area contributed by atoms with Gasteiger partial charge in [0.2, 0.25) is 0 Å². The van der Waals surface area contributed by atoms with Crippen molar-refractivity contribution >= 4 is 11.8 Å². The molecule has 0 aliphatic carbocycles. The van der Waals surface area contributed by atoms with Gasteiger partial charge in [0.15, 0.2) is 5.78 Å². The summed E-state index contributed by atoms with van der Waals surface area (Å²) >= 11 is 0. The predicted molar refractivity (Wildman–Crippen MR) is 67.7 cm³/mol. The van der Waals surface area contributed by atoms with E-state index in [0.29, 0.717) is 17.9 Å². The number of methoxy groups -OCH3 is 1. The summed E-state index contributed by atoms with van der Waals surface area (Å²) in [6.45, 7) is 3.81. The molecule has 0 aliphatic rings. The Labute approximate surface area is 107 Å². The van der Waals surface area contributed by atoms with Crippen LogP contribution < -0.4 is 4.74 Å². The van der Waals surface area contributed by atoms with Crippen molar-refractivity contribution in [1.29, 1.82) is 0 Å². The average Bonchev–Trinajstić information content (AvgIpc) is 2.38. The Morgan fingerprint density at radius 3 is 2.33 bits per heavy atom. The van der Waals surface area contributed by atoms with Gasteiger partial charge in [0.1, 0.15) is 5.75 Å². The highest BCUT2D eigenvalue weighted by Gasteiger charge is 2.19. The van der Waals surface area contributed by atoms with Gasteiger partial charge in [-0.25, -0.2) is 0 Å². The van der Waals surface area contributed by atoms with E-state index < -0.39 is 0 Å². The first-order valence-corrected chi connectivity index (χ1v) is 5.92. The molecule has 1 rings (SSSR count). The lowest BCUT2D eigenvalue weighted by Crippen LogP contribution is -2.17. The molecule has 0 fully saturated rings. The molecule has 1 aromatic carbocycles. The van der Waals surface area contributed by atoms with Gasteiger partial charge in [-0.1, -0.05) is 6.92 Å². The van der Waals surface area contributed by atoms with Crippen LogP contribution in [0.1, 0.15) is 30.6 Å². The maximum atomic E-state index is 12.0.